The number of rotatable bonds is 5. The molecule has 0 aromatic heterocycles. The van der Waals surface area contributed by atoms with Gasteiger partial charge in [-0.3, -0.25) is 0 Å². The molecule has 0 bridgehead atoms. The largest absolute Gasteiger partial charge is 0.378 e. The molecule has 3 heteroatoms. The van der Waals surface area contributed by atoms with Crippen molar-refractivity contribution in [3.63, 3.8) is 0 Å². The molecule has 1 unspecified atom stereocenters. The molecular formula is C16H22BrNO. The quantitative estimate of drug-likeness (QED) is 0.893. The van der Waals surface area contributed by atoms with Gasteiger partial charge >= 0.3 is 0 Å². The number of nitrogens with one attached hydrogen (secondary N) is 1. The Morgan fingerprint density at radius 2 is 2.05 bits per heavy atom. The summed E-state index contributed by atoms with van der Waals surface area (Å²) >= 11 is 3.52. The lowest BCUT2D eigenvalue weighted by molar-refractivity contribution is 0.0980. The Morgan fingerprint density at radius 3 is 2.63 bits per heavy atom. The van der Waals surface area contributed by atoms with Crippen LogP contribution in [0.5, 0.6) is 0 Å². The van der Waals surface area contributed by atoms with Gasteiger partial charge in [0.05, 0.1) is 6.10 Å². The van der Waals surface area contributed by atoms with Crippen molar-refractivity contribution in [1.29, 1.82) is 0 Å². The fraction of sp³-hybridized carbons (Fsp3) is 0.625. The molecule has 2 saturated heterocycles. The standard InChI is InChI=1S/C16H22BrNO/c17-14-7-5-13(6-8-14)16(11-18-12-16)9-1-3-15-4-2-10-19-15/h5-8,15,18H,1-4,9-12H2. The average molecular weight is 324 g/mol. The van der Waals surface area contributed by atoms with Crippen LogP contribution in [-0.4, -0.2) is 25.8 Å². The van der Waals surface area contributed by atoms with Crippen molar-refractivity contribution in [1.82, 2.24) is 5.32 Å². The number of benzene rings is 1. The van der Waals surface area contributed by atoms with E-state index in [1.54, 1.807) is 0 Å². The summed E-state index contributed by atoms with van der Waals surface area (Å²) in [5.74, 6) is 0. The fourth-order valence-electron chi connectivity index (χ4n) is 3.30. The Morgan fingerprint density at radius 1 is 1.26 bits per heavy atom. The second-order valence-corrected chi connectivity index (χ2v) is 6.83. The predicted octanol–water partition coefficient (Wildman–Crippen LogP) is 3.64. The molecule has 1 N–H and O–H groups in total. The van der Waals surface area contributed by atoms with E-state index in [-0.39, 0.29) is 0 Å². The third kappa shape index (κ3) is 3.04. The Hall–Kier alpha value is -0.380. The van der Waals surface area contributed by atoms with E-state index in [9.17, 15) is 0 Å². The SMILES string of the molecule is Brc1ccc(C2(CCCC3CCCO3)CNC2)cc1. The molecule has 0 radical (unpaired) electrons. The van der Waals surface area contributed by atoms with Crippen molar-refractivity contribution in [2.75, 3.05) is 19.7 Å². The van der Waals surface area contributed by atoms with Crippen LogP contribution in [0.1, 0.15) is 37.7 Å². The summed E-state index contributed by atoms with van der Waals surface area (Å²) in [7, 11) is 0. The zero-order valence-corrected chi connectivity index (χ0v) is 12.9. The molecule has 104 valence electrons. The maximum Gasteiger partial charge on any atom is 0.0576 e. The minimum absolute atomic E-state index is 0.374. The summed E-state index contributed by atoms with van der Waals surface area (Å²) in [6.45, 7) is 3.23. The van der Waals surface area contributed by atoms with E-state index >= 15 is 0 Å². The summed E-state index contributed by atoms with van der Waals surface area (Å²) in [5, 5.41) is 3.45. The second-order valence-electron chi connectivity index (χ2n) is 5.92. The average Bonchev–Trinajstić information content (AvgIpc) is 2.87. The predicted molar refractivity (Wildman–Crippen MR) is 81.5 cm³/mol. The van der Waals surface area contributed by atoms with Gasteiger partial charge in [-0.2, -0.15) is 0 Å². The molecule has 2 aliphatic rings. The van der Waals surface area contributed by atoms with Crippen molar-refractivity contribution in [3.05, 3.63) is 34.3 Å². The molecule has 19 heavy (non-hydrogen) atoms. The first-order valence-electron chi connectivity index (χ1n) is 7.37. The van der Waals surface area contributed by atoms with Gasteiger partial charge in [0.1, 0.15) is 0 Å². The zero-order valence-electron chi connectivity index (χ0n) is 11.3. The highest BCUT2D eigenvalue weighted by molar-refractivity contribution is 9.10. The van der Waals surface area contributed by atoms with Gasteiger partial charge in [0.15, 0.2) is 0 Å². The second kappa shape index (κ2) is 5.94. The molecule has 3 rings (SSSR count). The molecule has 0 aliphatic carbocycles. The minimum atomic E-state index is 0.374. The maximum atomic E-state index is 5.72. The summed E-state index contributed by atoms with van der Waals surface area (Å²) in [6, 6.07) is 8.87. The normalized spacial score (nSPS) is 25.2. The molecule has 0 spiro atoms. The van der Waals surface area contributed by atoms with E-state index < -0.39 is 0 Å². The van der Waals surface area contributed by atoms with Crippen LogP contribution in [0.3, 0.4) is 0 Å². The molecule has 1 aromatic carbocycles. The van der Waals surface area contributed by atoms with Crippen LogP contribution in [0.2, 0.25) is 0 Å². The van der Waals surface area contributed by atoms with Gasteiger partial charge in [0, 0.05) is 29.6 Å². The fourth-order valence-corrected chi connectivity index (χ4v) is 3.56. The molecular weight excluding hydrogens is 302 g/mol. The zero-order chi connectivity index (χ0) is 13.1. The lowest BCUT2D eigenvalue weighted by Crippen LogP contribution is -2.56. The monoisotopic (exact) mass is 323 g/mol. The van der Waals surface area contributed by atoms with Crippen molar-refractivity contribution in [2.24, 2.45) is 0 Å². The molecule has 0 saturated carbocycles. The number of hydrogen-bond acceptors (Lipinski definition) is 2. The van der Waals surface area contributed by atoms with Gasteiger partial charge < -0.3 is 10.1 Å². The molecule has 2 fully saturated rings. The third-order valence-electron chi connectivity index (χ3n) is 4.59. The summed E-state index contributed by atoms with van der Waals surface area (Å²) in [5.41, 5.74) is 1.86. The lowest BCUT2D eigenvalue weighted by Gasteiger charge is -2.43. The highest BCUT2D eigenvalue weighted by Gasteiger charge is 2.38. The topological polar surface area (TPSA) is 21.3 Å². The van der Waals surface area contributed by atoms with Gasteiger partial charge in [0.25, 0.3) is 0 Å². The third-order valence-corrected chi connectivity index (χ3v) is 5.12. The maximum absolute atomic E-state index is 5.72. The summed E-state index contributed by atoms with van der Waals surface area (Å²) in [4.78, 5) is 0. The molecule has 1 aromatic rings. The van der Waals surface area contributed by atoms with Crippen LogP contribution >= 0.6 is 15.9 Å². The molecule has 0 amide bonds. The van der Waals surface area contributed by atoms with Gasteiger partial charge in [-0.05, 0) is 49.8 Å². The van der Waals surface area contributed by atoms with Gasteiger partial charge in [-0.15, -0.1) is 0 Å². The first kappa shape index (κ1) is 13.6. The molecule has 2 heterocycles. The van der Waals surface area contributed by atoms with Crippen LogP contribution in [0.15, 0.2) is 28.7 Å². The van der Waals surface area contributed by atoms with Crippen molar-refractivity contribution in [2.45, 2.75) is 43.6 Å². The highest BCUT2D eigenvalue weighted by atomic mass is 79.9. The Labute approximate surface area is 124 Å². The van der Waals surface area contributed by atoms with Crippen LogP contribution in [0, 0.1) is 0 Å². The van der Waals surface area contributed by atoms with Crippen LogP contribution in [-0.2, 0) is 10.2 Å². The smallest absolute Gasteiger partial charge is 0.0576 e. The summed E-state index contributed by atoms with van der Waals surface area (Å²) < 4.78 is 6.88. The van der Waals surface area contributed by atoms with Gasteiger partial charge in [-0.1, -0.05) is 28.1 Å². The summed E-state index contributed by atoms with van der Waals surface area (Å²) in [6.07, 6.45) is 6.85. The Balaban J connectivity index is 1.58. The molecule has 2 nitrogen and oxygen atoms in total. The van der Waals surface area contributed by atoms with E-state index in [1.807, 2.05) is 0 Å². The first-order chi connectivity index (χ1) is 9.28. The Kier molecular flexibility index (Phi) is 4.25. The molecule has 1 atom stereocenters. The van der Waals surface area contributed by atoms with Crippen molar-refractivity contribution in [3.8, 4) is 0 Å². The van der Waals surface area contributed by atoms with E-state index in [2.05, 4.69) is 45.5 Å². The van der Waals surface area contributed by atoms with Crippen LogP contribution < -0.4 is 5.32 Å². The lowest BCUT2D eigenvalue weighted by atomic mass is 9.71. The number of ether oxygens (including phenoxy) is 1. The number of halogens is 1. The van der Waals surface area contributed by atoms with E-state index in [4.69, 9.17) is 4.74 Å². The van der Waals surface area contributed by atoms with Crippen LogP contribution in [0.4, 0.5) is 0 Å². The first-order valence-corrected chi connectivity index (χ1v) is 8.16. The Bertz CT molecular complexity index is 407. The van der Waals surface area contributed by atoms with E-state index in [0.717, 1.165) is 24.2 Å². The molecule has 2 aliphatic heterocycles. The van der Waals surface area contributed by atoms with Crippen molar-refractivity contribution >= 4 is 15.9 Å². The van der Waals surface area contributed by atoms with E-state index in [1.165, 1.54) is 37.7 Å². The highest BCUT2D eigenvalue weighted by Crippen LogP contribution is 2.35. The van der Waals surface area contributed by atoms with Crippen LogP contribution in [0.25, 0.3) is 0 Å². The van der Waals surface area contributed by atoms with Gasteiger partial charge in [0.2, 0.25) is 0 Å². The van der Waals surface area contributed by atoms with Crippen molar-refractivity contribution < 1.29 is 4.74 Å². The number of hydrogen-bond donors (Lipinski definition) is 1. The van der Waals surface area contributed by atoms with E-state index in [0.29, 0.717) is 11.5 Å². The van der Waals surface area contributed by atoms with Gasteiger partial charge in [-0.25, -0.2) is 0 Å². The minimum Gasteiger partial charge on any atom is -0.378 e.